The largest absolute Gasteiger partial charge is 0.355 e. The molecule has 0 bridgehead atoms. The third-order valence-corrected chi connectivity index (χ3v) is 7.81. The van der Waals surface area contributed by atoms with Crippen LogP contribution < -0.4 is 10.6 Å². The smallest absolute Gasteiger partial charge is 0.350 e. The van der Waals surface area contributed by atoms with Gasteiger partial charge in [-0.25, -0.2) is 18.7 Å². The minimum absolute atomic E-state index is 0.0783. The van der Waals surface area contributed by atoms with E-state index in [2.05, 4.69) is 11.1 Å². The van der Waals surface area contributed by atoms with Crippen LogP contribution in [-0.4, -0.2) is 51.5 Å². The van der Waals surface area contributed by atoms with Crippen molar-refractivity contribution in [2.75, 3.05) is 24.5 Å². The maximum absolute atomic E-state index is 14.9. The molecule has 0 spiro atoms. The molecule has 9 heteroatoms. The van der Waals surface area contributed by atoms with Crippen molar-refractivity contribution in [3.8, 4) is 16.9 Å². The van der Waals surface area contributed by atoms with Crippen molar-refractivity contribution in [3.05, 3.63) is 81.0 Å². The average molecular weight is 532 g/mol. The fraction of sp³-hybridized carbons (Fsp3) is 0.310. The van der Waals surface area contributed by atoms with Gasteiger partial charge < -0.3 is 9.80 Å². The normalized spacial score (nSPS) is 17.7. The zero-order valence-corrected chi connectivity index (χ0v) is 22.0. The molecule has 38 heavy (non-hydrogen) atoms. The van der Waals surface area contributed by atoms with E-state index in [0.717, 1.165) is 36.1 Å². The van der Waals surface area contributed by atoms with Gasteiger partial charge in [0.2, 0.25) is 6.41 Å². The molecule has 1 aliphatic heterocycles. The van der Waals surface area contributed by atoms with Crippen LogP contribution in [-0.2, 0) is 4.79 Å². The number of hydrogen-bond acceptors (Lipinski definition) is 5. The lowest BCUT2D eigenvalue weighted by molar-refractivity contribution is -0.118. The highest BCUT2D eigenvalue weighted by Crippen LogP contribution is 2.44. The first kappa shape index (κ1) is 24.6. The Bertz CT molecular complexity index is 1630. The van der Waals surface area contributed by atoms with E-state index in [1.807, 2.05) is 30.9 Å². The molecule has 1 unspecified atom stereocenters. The predicted molar refractivity (Wildman–Crippen MR) is 147 cm³/mol. The maximum Gasteiger partial charge on any atom is 0.355 e. The second-order valence-electron chi connectivity index (χ2n) is 10.2. The molecule has 2 fully saturated rings. The van der Waals surface area contributed by atoms with Crippen LogP contribution in [0.4, 0.5) is 10.2 Å². The van der Waals surface area contributed by atoms with Crippen LogP contribution >= 0.6 is 11.6 Å². The van der Waals surface area contributed by atoms with Crippen LogP contribution in [0.5, 0.6) is 0 Å². The Kier molecular flexibility index (Phi) is 6.14. The molecule has 1 saturated heterocycles. The summed E-state index contributed by atoms with van der Waals surface area (Å²) in [5.74, 6) is 0.397. The lowest BCUT2D eigenvalue weighted by Gasteiger charge is -2.39. The Labute approximate surface area is 224 Å². The van der Waals surface area contributed by atoms with E-state index in [9.17, 15) is 14.0 Å². The Morgan fingerprint density at radius 2 is 1.87 bits per heavy atom. The van der Waals surface area contributed by atoms with Crippen LogP contribution in [0.2, 0.25) is 5.02 Å². The Balaban J connectivity index is 1.66. The number of carbonyl (C=O) groups is 1. The van der Waals surface area contributed by atoms with Gasteiger partial charge in [0, 0.05) is 31.2 Å². The monoisotopic (exact) mass is 531 g/mol. The summed E-state index contributed by atoms with van der Waals surface area (Å²) in [6.45, 7) is 5.49. The molecule has 1 aliphatic carbocycles. The van der Waals surface area contributed by atoms with E-state index in [-0.39, 0.29) is 22.3 Å². The van der Waals surface area contributed by atoms with Crippen LogP contribution in [0.15, 0.2) is 53.3 Å². The molecule has 1 atom stereocenters. The first-order valence-corrected chi connectivity index (χ1v) is 13.2. The van der Waals surface area contributed by atoms with E-state index < -0.39 is 11.5 Å². The summed E-state index contributed by atoms with van der Waals surface area (Å²) >= 11 is 6.75. The summed E-state index contributed by atoms with van der Waals surface area (Å²) in [5, 5.41) is 0.869. The van der Waals surface area contributed by atoms with Crippen LogP contribution in [0.3, 0.4) is 0 Å². The molecule has 0 radical (unpaired) electrons. The van der Waals surface area contributed by atoms with Gasteiger partial charge in [-0.1, -0.05) is 41.9 Å². The number of aromatic nitrogens is 3. The molecule has 7 nitrogen and oxygen atoms in total. The highest BCUT2D eigenvalue weighted by Gasteiger charge is 2.31. The number of nitrogens with zero attached hydrogens (tertiary/aromatic N) is 5. The van der Waals surface area contributed by atoms with E-state index in [0.29, 0.717) is 42.4 Å². The van der Waals surface area contributed by atoms with E-state index in [1.165, 1.54) is 6.07 Å². The standard InChI is InChI=1S/C29H27ClFN5O2/c1-17-6-5-8-20(19-10-11-19)26(17)36-28-22(14-23(30)25(32-28)21-7-3-4-9-24(21)31)27(33-29(36)38)35-13-12-34(16-37)15-18(35)2/h3-9,14,16,18-19H,10-13,15H2,1-2H3. The van der Waals surface area contributed by atoms with Gasteiger partial charge in [0.1, 0.15) is 11.6 Å². The molecule has 1 amide bonds. The first-order valence-electron chi connectivity index (χ1n) is 12.8. The number of aryl methyl sites for hydroxylation is 1. The van der Waals surface area contributed by atoms with Crippen molar-refractivity contribution in [1.82, 2.24) is 19.4 Å². The minimum atomic E-state index is -0.456. The molecular formula is C29H27ClFN5O2. The van der Waals surface area contributed by atoms with Gasteiger partial charge >= 0.3 is 5.69 Å². The zero-order chi connectivity index (χ0) is 26.6. The van der Waals surface area contributed by atoms with Crippen molar-refractivity contribution in [2.45, 2.75) is 38.6 Å². The predicted octanol–water partition coefficient (Wildman–Crippen LogP) is 5.09. The van der Waals surface area contributed by atoms with Gasteiger partial charge in [-0.05, 0) is 61.9 Å². The van der Waals surface area contributed by atoms with Crippen molar-refractivity contribution >= 4 is 34.9 Å². The number of piperazine rings is 1. The van der Waals surface area contributed by atoms with Gasteiger partial charge in [0.05, 0.1) is 21.8 Å². The quantitative estimate of drug-likeness (QED) is 0.335. The molecule has 4 aromatic rings. The topological polar surface area (TPSA) is 71.3 Å². The number of rotatable bonds is 5. The summed E-state index contributed by atoms with van der Waals surface area (Å²) in [6.07, 6.45) is 2.97. The highest BCUT2D eigenvalue weighted by atomic mass is 35.5. The van der Waals surface area contributed by atoms with Crippen LogP contribution in [0.25, 0.3) is 28.0 Å². The van der Waals surface area contributed by atoms with E-state index >= 15 is 0 Å². The number of benzene rings is 2. The van der Waals surface area contributed by atoms with E-state index in [4.69, 9.17) is 16.6 Å². The number of pyridine rings is 1. The zero-order valence-electron chi connectivity index (χ0n) is 21.2. The molecular weight excluding hydrogens is 505 g/mol. The lowest BCUT2D eigenvalue weighted by Crippen LogP contribution is -2.52. The molecule has 6 rings (SSSR count). The lowest BCUT2D eigenvalue weighted by atomic mass is 10.0. The summed E-state index contributed by atoms with van der Waals surface area (Å²) in [7, 11) is 0. The number of para-hydroxylation sites is 1. The summed E-state index contributed by atoms with van der Waals surface area (Å²) in [6, 6.07) is 14.0. The van der Waals surface area contributed by atoms with Crippen LogP contribution in [0.1, 0.15) is 36.8 Å². The summed E-state index contributed by atoms with van der Waals surface area (Å²) < 4.78 is 16.4. The second-order valence-corrected chi connectivity index (χ2v) is 10.6. The Morgan fingerprint density at radius 1 is 1.08 bits per heavy atom. The maximum atomic E-state index is 14.9. The molecule has 1 saturated carbocycles. The van der Waals surface area contributed by atoms with Gasteiger partial charge in [-0.15, -0.1) is 0 Å². The van der Waals surface area contributed by atoms with E-state index in [1.54, 1.807) is 33.7 Å². The number of fused-ring (bicyclic) bond motifs is 1. The summed E-state index contributed by atoms with van der Waals surface area (Å²) in [4.78, 5) is 38.4. The minimum Gasteiger partial charge on any atom is -0.350 e. The first-order chi connectivity index (χ1) is 18.4. The molecule has 2 aromatic heterocycles. The number of halogens is 2. The third-order valence-electron chi connectivity index (χ3n) is 7.52. The fourth-order valence-corrected chi connectivity index (χ4v) is 5.73. The molecule has 0 N–H and O–H groups in total. The Morgan fingerprint density at radius 3 is 2.58 bits per heavy atom. The van der Waals surface area contributed by atoms with Crippen LogP contribution in [0, 0.1) is 12.7 Å². The van der Waals surface area contributed by atoms with Gasteiger partial charge in [-0.3, -0.25) is 4.79 Å². The molecule has 3 heterocycles. The van der Waals surface area contributed by atoms with Crippen molar-refractivity contribution in [1.29, 1.82) is 0 Å². The number of carbonyl (C=O) groups excluding carboxylic acids is 1. The van der Waals surface area contributed by atoms with Gasteiger partial charge in [0.15, 0.2) is 5.65 Å². The average Bonchev–Trinajstić information content (AvgIpc) is 3.75. The molecule has 194 valence electrons. The SMILES string of the molecule is Cc1cccc(C2CC2)c1-n1c(=O)nc(N2CCN(C=O)CC2C)c2cc(Cl)c(-c3ccccc3F)nc21. The third kappa shape index (κ3) is 4.13. The Hall–Kier alpha value is -3.78. The molecule has 2 aromatic carbocycles. The fourth-order valence-electron chi connectivity index (χ4n) is 5.48. The van der Waals surface area contributed by atoms with Gasteiger partial charge in [-0.2, -0.15) is 4.98 Å². The summed E-state index contributed by atoms with van der Waals surface area (Å²) in [5.41, 5.74) is 3.24. The highest BCUT2D eigenvalue weighted by molar-refractivity contribution is 6.33. The second kappa shape index (κ2) is 9.51. The number of anilines is 1. The molecule has 2 aliphatic rings. The van der Waals surface area contributed by atoms with Crippen molar-refractivity contribution in [2.24, 2.45) is 0 Å². The van der Waals surface area contributed by atoms with Crippen molar-refractivity contribution in [3.63, 3.8) is 0 Å². The van der Waals surface area contributed by atoms with Gasteiger partial charge in [0.25, 0.3) is 0 Å². The number of hydrogen-bond donors (Lipinski definition) is 0. The van der Waals surface area contributed by atoms with Crippen molar-refractivity contribution < 1.29 is 9.18 Å². The number of amides is 1.